The number of ether oxygens (including phenoxy) is 2. The second kappa shape index (κ2) is 9.85. The van der Waals surface area contributed by atoms with Crippen molar-refractivity contribution in [2.45, 2.75) is 39.5 Å². The highest BCUT2D eigenvalue weighted by molar-refractivity contribution is 8.26. The standard InChI is InChI=1S/C26H28N4O3S/c1-17-29-30-23(27)22(24(31)28-25(30)34-17)16-18-6-10-20(11-7-18)32-14-5-15-33-21-12-8-19(9-13-21)26(2,3)4/h6-13,16,27H,5,14-15H2,1-4H3/b22-16+,27-23?. The molecule has 4 rings (SSSR count). The van der Waals surface area contributed by atoms with Gasteiger partial charge < -0.3 is 9.47 Å². The predicted molar refractivity (Wildman–Crippen MR) is 138 cm³/mol. The van der Waals surface area contributed by atoms with Crippen molar-refractivity contribution in [3.63, 3.8) is 0 Å². The van der Waals surface area contributed by atoms with Gasteiger partial charge in [-0.3, -0.25) is 10.2 Å². The van der Waals surface area contributed by atoms with E-state index in [-0.39, 0.29) is 16.8 Å². The molecule has 2 aliphatic heterocycles. The molecule has 1 N–H and O–H groups in total. The number of nitrogens with zero attached hydrogens (tertiary/aromatic N) is 3. The molecule has 8 heteroatoms. The van der Waals surface area contributed by atoms with E-state index in [2.05, 4.69) is 43.0 Å². The molecule has 0 aromatic heterocycles. The van der Waals surface area contributed by atoms with Gasteiger partial charge in [0.2, 0.25) is 5.17 Å². The molecule has 0 saturated heterocycles. The molecule has 1 amide bonds. The van der Waals surface area contributed by atoms with E-state index in [1.165, 1.54) is 22.3 Å². The summed E-state index contributed by atoms with van der Waals surface area (Å²) in [4.78, 5) is 16.4. The van der Waals surface area contributed by atoms with E-state index in [1.807, 2.05) is 43.3 Å². The Kier molecular flexibility index (Phi) is 6.88. The van der Waals surface area contributed by atoms with Gasteiger partial charge in [0, 0.05) is 6.42 Å². The zero-order valence-electron chi connectivity index (χ0n) is 19.8. The highest BCUT2D eigenvalue weighted by Crippen LogP contribution is 2.28. The maximum absolute atomic E-state index is 12.4. The number of amidine groups is 2. The number of carbonyl (C=O) groups excluding carboxylic acids is 1. The average molecular weight is 477 g/mol. The van der Waals surface area contributed by atoms with E-state index in [1.54, 1.807) is 6.08 Å². The van der Waals surface area contributed by atoms with Crippen LogP contribution in [0.4, 0.5) is 0 Å². The van der Waals surface area contributed by atoms with Gasteiger partial charge in [0.1, 0.15) is 11.5 Å². The molecule has 2 heterocycles. The SMILES string of the molecule is CC1=NN2C(=N)/C(=C\c3ccc(OCCCOc4ccc(C(C)(C)C)cc4)cc3)C(=O)N=C2S1. The number of hydrazone groups is 1. The molecule has 0 aliphatic carbocycles. The molecule has 0 fully saturated rings. The van der Waals surface area contributed by atoms with Crippen molar-refractivity contribution in [2.24, 2.45) is 10.1 Å². The fourth-order valence-corrected chi connectivity index (χ4v) is 4.14. The Labute approximate surface area is 204 Å². The summed E-state index contributed by atoms with van der Waals surface area (Å²) in [5.74, 6) is 1.20. The van der Waals surface area contributed by atoms with E-state index < -0.39 is 5.91 Å². The number of carbonyl (C=O) groups is 1. The Bertz CT molecular complexity index is 1180. The first kappa shape index (κ1) is 23.8. The second-order valence-corrected chi connectivity index (χ2v) is 10.2. The van der Waals surface area contributed by atoms with Crippen LogP contribution in [0.1, 0.15) is 45.2 Å². The maximum atomic E-state index is 12.4. The lowest BCUT2D eigenvalue weighted by molar-refractivity contribution is -0.114. The van der Waals surface area contributed by atoms with E-state index in [0.717, 1.165) is 28.5 Å². The van der Waals surface area contributed by atoms with Gasteiger partial charge in [0.05, 0.1) is 23.8 Å². The minimum absolute atomic E-state index is 0.0349. The van der Waals surface area contributed by atoms with Crippen molar-refractivity contribution in [1.82, 2.24) is 5.01 Å². The molecule has 176 valence electrons. The quantitative estimate of drug-likeness (QED) is 0.423. The topological polar surface area (TPSA) is 87.3 Å². The lowest BCUT2D eigenvalue weighted by Crippen LogP contribution is -2.35. The number of benzene rings is 2. The fraction of sp³-hybridized carbons (Fsp3) is 0.308. The molecule has 2 aromatic rings. The summed E-state index contributed by atoms with van der Waals surface area (Å²) in [6.45, 7) is 9.50. The molecule has 0 atom stereocenters. The van der Waals surface area contributed by atoms with Crippen LogP contribution in [0.15, 0.2) is 64.2 Å². The number of thioether (sulfide) groups is 1. The zero-order chi connectivity index (χ0) is 24.3. The first-order valence-electron chi connectivity index (χ1n) is 11.1. The Balaban J connectivity index is 1.26. The van der Waals surface area contributed by atoms with Crippen LogP contribution in [0, 0.1) is 5.41 Å². The van der Waals surface area contributed by atoms with Gasteiger partial charge in [0.25, 0.3) is 5.91 Å². The van der Waals surface area contributed by atoms with Crippen LogP contribution < -0.4 is 9.47 Å². The monoisotopic (exact) mass is 476 g/mol. The van der Waals surface area contributed by atoms with Gasteiger partial charge >= 0.3 is 0 Å². The molecule has 2 aliphatic rings. The molecule has 0 spiro atoms. The van der Waals surface area contributed by atoms with Gasteiger partial charge in [-0.15, -0.1) is 0 Å². The summed E-state index contributed by atoms with van der Waals surface area (Å²) in [5.41, 5.74) is 2.41. The van der Waals surface area contributed by atoms with Gasteiger partial charge in [-0.2, -0.15) is 15.1 Å². The largest absolute Gasteiger partial charge is 0.493 e. The summed E-state index contributed by atoms with van der Waals surface area (Å²) >= 11 is 1.29. The lowest BCUT2D eigenvalue weighted by atomic mass is 9.87. The third kappa shape index (κ3) is 5.56. The van der Waals surface area contributed by atoms with E-state index in [0.29, 0.717) is 18.4 Å². The molecular formula is C26H28N4O3S. The number of aliphatic imine (C=N–C) groups is 1. The summed E-state index contributed by atoms with van der Waals surface area (Å²) in [7, 11) is 0. The average Bonchev–Trinajstić information content (AvgIpc) is 3.17. The molecular weight excluding hydrogens is 448 g/mol. The molecule has 7 nitrogen and oxygen atoms in total. The van der Waals surface area contributed by atoms with Gasteiger partial charge in [-0.25, -0.2) is 0 Å². The molecule has 0 unspecified atom stereocenters. The van der Waals surface area contributed by atoms with Crippen LogP contribution in [0.3, 0.4) is 0 Å². The highest BCUT2D eigenvalue weighted by atomic mass is 32.2. The fourth-order valence-electron chi connectivity index (χ4n) is 3.40. The van der Waals surface area contributed by atoms with Crippen LogP contribution in [-0.2, 0) is 10.2 Å². The first-order chi connectivity index (χ1) is 16.2. The van der Waals surface area contributed by atoms with E-state index in [9.17, 15) is 4.79 Å². The minimum Gasteiger partial charge on any atom is -0.493 e. The first-order valence-corrected chi connectivity index (χ1v) is 12.0. The van der Waals surface area contributed by atoms with Gasteiger partial charge in [0.15, 0.2) is 5.84 Å². The highest BCUT2D eigenvalue weighted by Gasteiger charge is 2.34. The van der Waals surface area contributed by atoms with Crippen molar-refractivity contribution >= 4 is 39.8 Å². The van der Waals surface area contributed by atoms with Crippen LogP contribution in [0.5, 0.6) is 11.5 Å². The maximum Gasteiger partial charge on any atom is 0.283 e. The van der Waals surface area contributed by atoms with Crippen LogP contribution in [0.25, 0.3) is 6.08 Å². The van der Waals surface area contributed by atoms with Crippen molar-refractivity contribution < 1.29 is 14.3 Å². The molecule has 0 saturated carbocycles. The zero-order valence-corrected chi connectivity index (χ0v) is 20.6. The Hall–Kier alpha value is -3.39. The second-order valence-electron chi connectivity index (χ2n) is 9.03. The van der Waals surface area contributed by atoms with Crippen molar-refractivity contribution in [2.75, 3.05) is 13.2 Å². The van der Waals surface area contributed by atoms with E-state index >= 15 is 0 Å². The summed E-state index contributed by atoms with van der Waals surface area (Å²) < 4.78 is 11.6. The van der Waals surface area contributed by atoms with Crippen molar-refractivity contribution in [1.29, 1.82) is 5.41 Å². The number of amides is 1. The smallest absolute Gasteiger partial charge is 0.283 e. The van der Waals surface area contributed by atoms with Crippen LogP contribution >= 0.6 is 11.8 Å². The van der Waals surface area contributed by atoms with Crippen LogP contribution in [0.2, 0.25) is 0 Å². The third-order valence-corrected chi connectivity index (χ3v) is 6.12. The number of hydrogen-bond acceptors (Lipinski definition) is 6. The third-order valence-electron chi connectivity index (χ3n) is 5.29. The number of rotatable bonds is 7. The summed E-state index contributed by atoms with van der Waals surface area (Å²) in [5, 5.41) is 15.1. The molecule has 0 bridgehead atoms. The Morgan fingerprint density at radius 2 is 1.59 bits per heavy atom. The summed E-state index contributed by atoms with van der Waals surface area (Å²) in [6.07, 6.45) is 2.41. The Morgan fingerprint density at radius 1 is 1.00 bits per heavy atom. The molecule has 0 radical (unpaired) electrons. The van der Waals surface area contributed by atoms with Gasteiger partial charge in [-0.05, 0) is 65.6 Å². The molecule has 2 aromatic carbocycles. The number of nitrogens with one attached hydrogen (secondary N) is 1. The normalized spacial score (nSPS) is 16.9. The van der Waals surface area contributed by atoms with Crippen LogP contribution in [-0.4, -0.2) is 40.2 Å². The van der Waals surface area contributed by atoms with Crippen molar-refractivity contribution in [3.05, 3.63) is 65.2 Å². The van der Waals surface area contributed by atoms with Crippen molar-refractivity contribution in [3.8, 4) is 11.5 Å². The van der Waals surface area contributed by atoms with E-state index in [4.69, 9.17) is 14.9 Å². The minimum atomic E-state index is -0.429. The number of fused-ring (bicyclic) bond motifs is 1. The Morgan fingerprint density at radius 3 is 2.18 bits per heavy atom. The lowest BCUT2D eigenvalue weighted by Gasteiger charge is -2.20. The van der Waals surface area contributed by atoms with Gasteiger partial charge in [-0.1, -0.05) is 45.0 Å². The predicted octanol–water partition coefficient (Wildman–Crippen LogP) is 5.47. The number of hydrogen-bond donors (Lipinski definition) is 1. The summed E-state index contributed by atoms with van der Waals surface area (Å²) in [6, 6.07) is 15.6. The molecule has 34 heavy (non-hydrogen) atoms.